The second-order valence-electron chi connectivity index (χ2n) is 5.57. The van der Waals surface area contributed by atoms with E-state index in [-0.39, 0.29) is 55.6 Å². The van der Waals surface area contributed by atoms with E-state index < -0.39 is 0 Å². The summed E-state index contributed by atoms with van der Waals surface area (Å²) in [7, 11) is 1.72. The monoisotopic (exact) mass is 339 g/mol. The molecule has 2 rings (SSSR count). The molecule has 7 heteroatoms. The highest BCUT2D eigenvalue weighted by molar-refractivity contribution is 6.01. The van der Waals surface area contributed by atoms with E-state index in [9.17, 15) is 14.4 Å². The minimum atomic E-state index is -0.137. The Morgan fingerprint density at radius 1 is 1.22 bits per heavy atom. The summed E-state index contributed by atoms with van der Waals surface area (Å²) >= 11 is 0. The number of carbonyl (C=O) groups is 3. The Bertz CT molecular complexity index is 573. The number of likely N-dealkylation sites (tertiary alicyclic amines) is 1. The van der Waals surface area contributed by atoms with Crippen LogP contribution in [0.15, 0.2) is 24.3 Å². The van der Waals surface area contributed by atoms with Crippen molar-refractivity contribution in [3.8, 4) is 0 Å². The van der Waals surface area contributed by atoms with E-state index in [0.29, 0.717) is 12.1 Å². The molecule has 1 aromatic rings. The second kappa shape index (κ2) is 8.08. The van der Waals surface area contributed by atoms with Crippen molar-refractivity contribution in [1.82, 2.24) is 9.80 Å². The van der Waals surface area contributed by atoms with Crippen LogP contribution in [0.4, 0.5) is 0 Å². The maximum absolute atomic E-state index is 12.3. The van der Waals surface area contributed by atoms with Crippen molar-refractivity contribution in [2.75, 3.05) is 13.6 Å². The summed E-state index contributed by atoms with van der Waals surface area (Å²) in [6.45, 7) is 2.55. The summed E-state index contributed by atoms with van der Waals surface area (Å²) in [4.78, 5) is 38.3. The van der Waals surface area contributed by atoms with Crippen molar-refractivity contribution in [3.05, 3.63) is 35.4 Å². The largest absolute Gasteiger partial charge is 0.338 e. The Labute approximate surface area is 142 Å². The fraction of sp³-hybridized carbons (Fsp3) is 0.438. The van der Waals surface area contributed by atoms with E-state index in [1.807, 2.05) is 6.92 Å². The first-order valence-electron chi connectivity index (χ1n) is 7.33. The number of imide groups is 1. The SMILES string of the molecule is CC(CN)N(C)C(=O)c1ccc(CN2C(=O)CCC2=O)cc1.Cl. The molecule has 0 bridgehead atoms. The molecule has 1 aliphatic heterocycles. The summed E-state index contributed by atoms with van der Waals surface area (Å²) in [6, 6.07) is 6.93. The standard InChI is InChI=1S/C16H21N3O3.ClH/c1-11(9-17)18(2)16(22)13-5-3-12(4-6-13)10-19-14(20)7-8-15(19)21;/h3-6,11H,7-10,17H2,1-2H3;1H. The van der Waals surface area contributed by atoms with Gasteiger partial charge in [0.05, 0.1) is 6.54 Å². The molecular weight excluding hydrogens is 318 g/mol. The van der Waals surface area contributed by atoms with Gasteiger partial charge in [0.2, 0.25) is 11.8 Å². The average molecular weight is 340 g/mol. The predicted molar refractivity (Wildman–Crippen MR) is 89.1 cm³/mol. The molecule has 2 N–H and O–H groups in total. The third kappa shape index (κ3) is 4.30. The minimum absolute atomic E-state index is 0. The van der Waals surface area contributed by atoms with Gasteiger partial charge in [0.1, 0.15) is 0 Å². The first-order chi connectivity index (χ1) is 10.4. The zero-order valence-corrected chi connectivity index (χ0v) is 14.1. The quantitative estimate of drug-likeness (QED) is 0.816. The van der Waals surface area contributed by atoms with E-state index >= 15 is 0 Å². The van der Waals surface area contributed by atoms with E-state index in [1.165, 1.54) is 4.90 Å². The van der Waals surface area contributed by atoms with Gasteiger partial charge in [-0.1, -0.05) is 12.1 Å². The summed E-state index contributed by atoms with van der Waals surface area (Å²) in [5.41, 5.74) is 6.96. The highest BCUT2D eigenvalue weighted by Gasteiger charge is 2.28. The highest BCUT2D eigenvalue weighted by atomic mass is 35.5. The molecule has 0 saturated carbocycles. The van der Waals surface area contributed by atoms with E-state index in [4.69, 9.17) is 5.73 Å². The highest BCUT2D eigenvalue weighted by Crippen LogP contribution is 2.16. The van der Waals surface area contributed by atoms with Crippen LogP contribution in [0.3, 0.4) is 0 Å². The summed E-state index contributed by atoms with van der Waals surface area (Å²) in [6.07, 6.45) is 0.578. The van der Waals surface area contributed by atoms with Crippen LogP contribution in [0.2, 0.25) is 0 Å². The van der Waals surface area contributed by atoms with Crippen molar-refractivity contribution < 1.29 is 14.4 Å². The molecular formula is C16H22ClN3O3. The lowest BCUT2D eigenvalue weighted by atomic mass is 10.1. The number of hydrogen-bond donors (Lipinski definition) is 1. The molecule has 1 fully saturated rings. The van der Waals surface area contributed by atoms with Crippen molar-refractivity contribution in [2.45, 2.75) is 32.4 Å². The van der Waals surface area contributed by atoms with Crippen molar-refractivity contribution >= 4 is 30.1 Å². The molecule has 1 unspecified atom stereocenters. The third-order valence-corrected chi connectivity index (χ3v) is 4.02. The smallest absolute Gasteiger partial charge is 0.253 e. The number of halogens is 1. The maximum Gasteiger partial charge on any atom is 0.253 e. The number of rotatable bonds is 5. The fourth-order valence-corrected chi connectivity index (χ4v) is 2.30. The molecule has 23 heavy (non-hydrogen) atoms. The Kier molecular flexibility index (Phi) is 6.72. The van der Waals surface area contributed by atoms with Crippen LogP contribution in [0, 0.1) is 0 Å². The van der Waals surface area contributed by atoms with Gasteiger partial charge in [-0.2, -0.15) is 0 Å². The molecule has 1 aliphatic rings. The Hall–Kier alpha value is -1.92. The first-order valence-corrected chi connectivity index (χ1v) is 7.33. The summed E-state index contributed by atoms with van der Waals surface area (Å²) < 4.78 is 0. The minimum Gasteiger partial charge on any atom is -0.338 e. The van der Waals surface area contributed by atoms with E-state index in [2.05, 4.69) is 0 Å². The van der Waals surface area contributed by atoms with Crippen LogP contribution >= 0.6 is 12.4 Å². The average Bonchev–Trinajstić information content (AvgIpc) is 2.85. The van der Waals surface area contributed by atoms with E-state index in [0.717, 1.165) is 5.56 Å². The molecule has 1 saturated heterocycles. The summed E-state index contributed by atoms with van der Waals surface area (Å²) in [5, 5.41) is 0. The van der Waals surface area contributed by atoms with Gasteiger partial charge < -0.3 is 10.6 Å². The number of nitrogens with two attached hydrogens (primary N) is 1. The van der Waals surface area contributed by atoms with Crippen molar-refractivity contribution in [3.63, 3.8) is 0 Å². The molecule has 3 amide bonds. The summed E-state index contributed by atoms with van der Waals surface area (Å²) in [5.74, 6) is -0.374. The molecule has 1 heterocycles. The molecule has 0 aliphatic carbocycles. The van der Waals surface area contributed by atoms with Crippen LogP contribution < -0.4 is 5.73 Å². The second-order valence-corrected chi connectivity index (χ2v) is 5.57. The van der Waals surface area contributed by atoms with Gasteiger partial charge >= 0.3 is 0 Å². The van der Waals surface area contributed by atoms with Crippen LogP contribution in [-0.2, 0) is 16.1 Å². The van der Waals surface area contributed by atoms with Crippen LogP contribution in [-0.4, -0.2) is 47.2 Å². The Balaban J connectivity index is 0.00000264. The van der Waals surface area contributed by atoms with E-state index in [1.54, 1.807) is 36.2 Å². The van der Waals surface area contributed by atoms with Gasteiger partial charge in [-0.25, -0.2) is 0 Å². The number of amides is 3. The zero-order chi connectivity index (χ0) is 16.3. The van der Waals surface area contributed by atoms with Crippen molar-refractivity contribution in [1.29, 1.82) is 0 Å². The third-order valence-electron chi connectivity index (χ3n) is 4.02. The molecule has 0 spiro atoms. The number of hydrogen-bond acceptors (Lipinski definition) is 4. The normalized spacial score (nSPS) is 15.3. The lowest BCUT2D eigenvalue weighted by Gasteiger charge is -2.23. The topological polar surface area (TPSA) is 83.7 Å². The number of benzene rings is 1. The van der Waals surface area contributed by atoms with Gasteiger partial charge in [-0.15, -0.1) is 12.4 Å². The number of nitrogens with zero attached hydrogens (tertiary/aromatic N) is 2. The molecule has 126 valence electrons. The predicted octanol–water partition coefficient (Wildman–Crippen LogP) is 1.18. The van der Waals surface area contributed by atoms with Gasteiger partial charge in [0, 0.05) is 38.0 Å². The lowest BCUT2D eigenvalue weighted by molar-refractivity contribution is -0.139. The molecule has 0 radical (unpaired) electrons. The van der Waals surface area contributed by atoms with Crippen LogP contribution in [0.1, 0.15) is 35.7 Å². The zero-order valence-electron chi connectivity index (χ0n) is 13.3. The van der Waals surface area contributed by atoms with Crippen LogP contribution in [0.5, 0.6) is 0 Å². The Morgan fingerprint density at radius 2 is 1.74 bits per heavy atom. The first kappa shape index (κ1) is 19.1. The number of carbonyl (C=O) groups excluding carboxylic acids is 3. The fourth-order valence-electron chi connectivity index (χ4n) is 2.30. The molecule has 6 nitrogen and oxygen atoms in total. The molecule has 0 aromatic heterocycles. The van der Waals surface area contributed by atoms with Gasteiger partial charge in [0.25, 0.3) is 5.91 Å². The van der Waals surface area contributed by atoms with Gasteiger partial charge in [-0.05, 0) is 24.6 Å². The lowest BCUT2D eigenvalue weighted by Crippen LogP contribution is -2.39. The molecule has 1 atom stereocenters. The van der Waals surface area contributed by atoms with Crippen LogP contribution in [0.25, 0.3) is 0 Å². The van der Waals surface area contributed by atoms with Gasteiger partial charge in [-0.3, -0.25) is 19.3 Å². The Morgan fingerprint density at radius 3 is 2.22 bits per heavy atom. The van der Waals surface area contributed by atoms with Gasteiger partial charge in [0.15, 0.2) is 0 Å². The van der Waals surface area contributed by atoms with Crippen molar-refractivity contribution in [2.24, 2.45) is 5.73 Å². The molecule has 1 aromatic carbocycles. The number of likely N-dealkylation sites (N-methyl/N-ethyl adjacent to an activating group) is 1. The maximum atomic E-state index is 12.3.